The van der Waals surface area contributed by atoms with Gasteiger partial charge in [0, 0.05) is 31.3 Å². The number of hydrogen-bond acceptors (Lipinski definition) is 3. The average molecular weight is 338 g/mol. The van der Waals surface area contributed by atoms with Crippen LogP contribution in [0.1, 0.15) is 48.5 Å². The minimum Gasteiger partial charge on any atom is -0.345 e. The fourth-order valence-electron chi connectivity index (χ4n) is 3.62. The first-order valence-corrected chi connectivity index (χ1v) is 7.98. The SMILES string of the molecule is CC(=O)N1CCc2cc(C(=O)NC3(CN)CCCC3)ccc21.Cl. The molecule has 0 aromatic heterocycles. The van der Waals surface area contributed by atoms with Crippen molar-refractivity contribution in [2.75, 3.05) is 18.0 Å². The lowest BCUT2D eigenvalue weighted by Gasteiger charge is -2.28. The molecule has 3 N–H and O–H groups in total. The largest absolute Gasteiger partial charge is 0.345 e. The minimum atomic E-state index is -0.235. The quantitative estimate of drug-likeness (QED) is 0.886. The van der Waals surface area contributed by atoms with Crippen molar-refractivity contribution < 1.29 is 9.59 Å². The van der Waals surface area contributed by atoms with E-state index < -0.39 is 0 Å². The van der Waals surface area contributed by atoms with Gasteiger partial charge in [-0.05, 0) is 43.0 Å². The van der Waals surface area contributed by atoms with E-state index in [0.29, 0.717) is 18.7 Å². The van der Waals surface area contributed by atoms with Gasteiger partial charge < -0.3 is 16.0 Å². The van der Waals surface area contributed by atoms with E-state index >= 15 is 0 Å². The zero-order chi connectivity index (χ0) is 15.7. The smallest absolute Gasteiger partial charge is 0.251 e. The summed E-state index contributed by atoms with van der Waals surface area (Å²) in [5.41, 5.74) is 8.29. The van der Waals surface area contributed by atoms with Gasteiger partial charge in [-0.3, -0.25) is 9.59 Å². The van der Waals surface area contributed by atoms with Crippen LogP contribution in [-0.4, -0.2) is 30.4 Å². The molecular weight excluding hydrogens is 314 g/mol. The number of rotatable bonds is 3. The van der Waals surface area contributed by atoms with Gasteiger partial charge in [-0.15, -0.1) is 12.4 Å². The lowest BCUT2D eigenvalue weighted by atomic mass is 9.97. The Morgan fingerprint density at radius 1 is 1.30 bits per heavy atom. The van der Waals surface area contributed by atoms with Crippen molar-refractivity contribution in [2.45, 2.75) is 44.6 Å². The Labute approximate surface area is 143 Å². The molecule has 0 saturated heterocycles. The number of nitrogens with one attached hydrogen (secondary N) is 1. The Morgan fingerprint density at radius 2 is 2.00 bits per heavy atom. The standard InChI is InChI=1S/C17H23N3O2.ClH/c1-12(21)20-9-6-13-10-14(4-5-15(13)20)16(22)19-17(11-18)7-2-3-8-17;/h4-5,10H,2-3,6-9,11,18H2,1H3,(H,19,22);1H. The fourth-order valence-corrected chi connectivity index (χ4v) is 3.62. The van der Waals surface area contributed by atoms with Crippen LogP contribution in [0.3, 0.4) is 0 Å². The number of hydrogen-bond donors (Lipinski definition) is 2. The zero-order valence-corrected chi connectivity index (χ0v) is 14.2. The van der Waals surface area contributed by atoms with Crippen LogP contribution in [0.15, 0.2) is 18.2 Å². The van der Waals surface area contributed by atoms with Crippen molar-refractivity contribution in [1.29, 1.82) is 0 Å². The molecule has 2 amide bonds. The Kier molecular flexibility index (Phi) is 5.32. The first-order chi connectivity index (χ1) is 10.5. The molecule has 0 spiro atoms. The summed E-state index contributed by atoms with van der Waals surface area (Å²) in [5, 5.41) is 3.14. The molecule has 1 aliphatic carbocycles. The van der Waals surface area contributed by atoms with Gasteiger partial charge in [0.15, 0.2) is 0 Å². The van der Waals surface area contributed by atoms with Crippen LogP contribution in [-0.2, 0) is 11.2 Å². The van der Waals surface area contributed by atoms with Crippen LogP contribution in [0.25, 0.3) is 0 Å². The second-order valence-electron chi connectivity index (χ2n) is 6.41. The molecule has 1 aromatic rings. The molecule has 126 valence electrons. The van der Waals surface area contributed by atoms with Crippen molar-refractivity contribution in [3.05, 3.63) is 29.3 Å². The maximum Gasteiger partial charge on any atom is 0.251 e. The van der Waals surface area contributed by atoms with E-state index in [1.807, 2.05) is 12.1 Å². The number of nitrogens with two attached hydrogens (primary N) is 1. The molecule has 23 heavy (non-hydrogen) atoms. The zero-order valence-electron chi connectivity index (χ0n) is 13.4. The molecule has 1 heterocycles. The number of benzene rings is 1. The van der Waals surface area contributed by atoms with Crippen molar-refractivity contribution in [3.63, 3.8) is 0 Å². The highest BCUT2D eigenvalue weighted by molar-refractivity contribution is 5.98. The Bertz CT molecular complexity index is 612. The lowest BCUT2D eigenvalue weighted by molar-refractivity contribution is -0.116. The summed E-state index contributed by atoms with van der Waals surface area (Å²) in [7, 11) is 0. The third-order valence-corrected chi connectivity index (χ3v) is 4.95. The molecule has 0 bridgehead atoms. The number of anilines is 1. The van der Waals surface area contributed by atoms with Gasteiger partial charge in [0.25, 0.3) is 5.91 Å². The van der Waals surface area contributed by atoms with E-state index in [2.05, 4.69) is 5.32 Å². The normalized spacial score (nSPS) is 18.3. The number of amides is 2. The average Bonchev–Trinajstić information content (AvgIpc) is 3.13. The third-order valence-electron chi connectivity index (χ3n) is 4.95. The molecule has 1 saturated carbocycles. The Hall–Kier alpha value is -1.59. The predicted molar refractivity (Wildman–Crippen MR) is 93.1 cm³/mol. The second-order valence-corrected chi connectivity index (χ2v) is 6.41. The maximum absolute atomic E-state index is 12.5. The molecule has 3 rings (SSSR count). The van der Waals surface area contributed by atoms with Crippen molar-refractivity contribution in [2.24, 2.45) is 5.73 Å². The number of carbonyl (C=O) groups excluding carboxylic acids is 2. The van der Waals surface area contributed by atoms with Gasteiger partial charge in [0.1, 0.15) is 0 Å². The van der Waals surface area contributed by atoms with E-state index in [-0.39, 0.29) is 29.8 Å². The van der Waals surface area contributed by atoms with E-state index in [1.54, 1.807) is 17.9 Å². The van der Waals surface area contributed by atoms with Crippen LogP contribution in [0, 0.1) is 0 Å². The second kappa shape index (κ2) is 6.89. The van der Waals surface area contributed by atoms with Crippen LogP contribution in [0.4, 0.5) is 5.69 Å². The van der Waals surface area contributed by atoms with Gasteiger partial charge in [0.05, 0.1) is 5.54 Å². The first kappa shape index (κ1) is 17.8. The molecule has 1 fully saturated rings. The summed E-state index contributed by atoms with van der Waals surface area (Å²) in [5.74, 6) is -0.0135. The number of nitrogens with zero attached hydrogens (tertiary/aromatic N) is 1. The summed E-state index contributed by atoms with van der Waals surface area (Å²) >= 11 is 0. The topological polar surface area (TPSA) is 75.4 Å². The third kappa shape index (κ3) is 3.35. The van der Waals surface area contributed by atoms with E-state index in [4.69, 9.17) is 5.73 Å². The molecule has 6 heteroatoms. The van der Waals surface area contributed by atoms with Crippen LogP contribution >= 0.6 is 12.4 Å². The van der Waals surface area contributed by atoms with E-state index in [1.165, 1.54) is 0 Å². The van der Waals surface area contributed by atoms with Gasteiger partial charge >= 0.3 is 0 Å². The highest BCUT2D eigenvalue weighted by Gasteiger charge is 2.34. The summed E-state index contributed by atoms with van der Waals surface area (Å²) in [6.07, 6.45) is 4.96. The van der Waals surface area contributed by atoms with Gasteiger partial charge in [-0.25, -0.2) is 0 Å². The minimum absolute atomic E-state index is 0. The van der Waals surface area contributed by atoms with Crippen molar-refractivity contribution in [3.8, 4) is 0 Å². The molecule has 0 atom stereocenters. The van der Waals surface area contributed by atoms with E-state index in [0.717, 1.165) is 43.4 Å². The van der Waals surface area contributed by atoms with Crippen molar-refractivity contribution in [1.82, 2.24) is 5.32 Å². The van der Waals surface area contributed by atoms with E-state index in [9.17, 15) is 9.59 Å². The molecule has 2 aliphatic rings. The summed E-state index contributed by atoms with van der Waals surface area (Å²) < 4.78 is 0. The molecule has 0 radical (unpaired) electrons. The summed E-state index contributed by atoms with van der Waals surface area (Å²) in [6, 6.07) is 5.59. The molecular formula is C17H24ClN3O2. The molecule has 1 aliphatic heterocycles. The van der Waals surface area contributed by atoms with Crippen molar-refractivity contribution >= 4 is 29.9 Å². The van der Waals surface area contributed by atoms with Gasteiger partial charge in [-0.1, -0.05) is 12.8 Å². The number of carbonyl (C=O) groups is 2. The van der Waals surface area contributed by atoms with Crippen LogP contribution in [0.2, 0.25) is 0 Å². The molecule has 5 nitrogen and oxygen atoms in total. The number of fused-ring (bicyclic) bond motifs is 1. The lowest BCUT2D eigenvalue weighted by Crippen LogP contribution is -2.51. The molecule has 1 aromatic carbocycles. The predicted octanol–water partition coefficient (Wildman–Crippen LogP) is 2.02. The Morgan fingerprint density at radius 3 is 2.61 bits per heavy atom. The molecule has 0 unspecified atom stereocenters. The highest BCUT2D eigenvalue weighted by atomic mass is 35.5. The van der Waals surface area contributed by atoms with Gasteiger partial charge in [-0.2, -0.15) is 0 Å². The number of halogens is 1. The first-order valence-electron chi connectivity index (χ1n) is 7.98. The van der Waals surface area contributed by atoms with Crippen LogP contribution < -0.4 is 16.0 Å². The van der Waals surface area contributed by atoms with Gasteiger partial charge in [0.2, 0.25) is 5.91 Å². The highest BCUT2D eigenvalue weighted by Crippen LogP contribution is 2.31. The summed E-state index contributed by atoms with van der Waals surface area (Å²) in [4.78, 5) is 25.9. The maximum atomic E-state index is 12.5. The fraction of sp³-hybridized carbons (Fsp3) is 0.529. The summed E-state index contributed by atoms with van der Waals surface area (Å²) in [6.45, 7) is 2.76. The van der Waals surface area contributed by atoms with Crippen LogP contribution in [0.5, 0.6) is 0 Å². The monoisotopic (exact) mass is 337 g/mol. The Balaban J connectivity index is 0.00000192.